The van der Waals surface area contributed by atoms with Crippen LogP contribution in [0.4, 0.5) is 13.2 Å². The van der Waals surface area contributed by atoms with Crippen LogP contribution in [0.1, 0.15) is 62.9 Å². The van der Waals surface area contributed by atoms with Gasteiger partial charge in [-0.25, -0.2) is 9.59 Å². The molecule has 0 N–H and O–H groups in total. The molecule has 0 unspecified atom stereocenters. The summed E-state index contributed by atoms with van der Waals surface area (Å²) in [5.74, 6) is -5.19. The van der Waals surface area contributed by atoms with Crippen molar-refractivity contribution in [3.8, 4) is 11.5 Å². The van der Waals surface area contributed by atoms with Gasteiger partial charge < -0.3 is 33.2 Å². The number of ether oxygens (including phenoxy) is 7. The fourth-order valence-corrected chi connectivity index (χ4v) is 10.7. The number of fused-ring (bicyclic) bond motifs is 3. The van der Waals surface area contributed by atoms with Crippen LogP contribution in [0, 0.1) is 40.4 Å². The van der Waals surface area contributed by atoms with Crippen molar-refractivity contribution in [3.63, 3.8) is 0 Å². The standard InChI is InChI=1S/C39H43F3O11/c1-19-14-27(51-35(46)38(48-6,39(40,41)42)22-10-8-7-9-11-22)33(44)37(4)23(19)16-28-36(3)24(17-29(43)52-28)20(2)30(47-5)31(32(36)37)53-34(45)21-12-13-25-26(15-21)50-18-49-25/h7-13,15,19-20,23-24,27-28,30-32H,14,16-18H2,1-6H3/t19-,20-,23+,24+,27+,28-,30+,31-,32+,36-,37+,38+/m1/s1. The van der Waals surface area contributed by atoms with Gasteiger partial charge in [-0.05, 0) is 54.7 Å². The molecular weight excluding hydrogens is 701 g/mol. The van der Waals surface area contributed by atoms with Crippen molar-refractivity contribution in [3.05, 3.63) is 59.7 Å². The van der Waals surface area contributed by atoms with Crippen molar-refractivity contribution < 1.29 is 65.5 Å². The van der Waals surface area contributed by atoms with Gasteiger partial charge in [0.25, 0.3) is 5.60 Å². The van der Waals surface area contributed by atoms with Crippen LogP contribution >= 0.6 is 0 Å². The third-order valence-electron chi connectivity index (χ3n) is 13.2. The third-order valence-corrected chi connectivity index (χ3v) is 13.2. The Labute approximate surface area is 304 Å². The van der Waals surface area contributed by atoms with Crippen molar-refractivity contribution in [2.45, 2.75) is 83.2 Å². The molecular formula is C39H43F3O11. The van der Waals surface area contributed by atoms with Crippen LogP contribution in [0.3, 0.4) is 0 Å². The second kappa shape index (κ2) is 13.0. The number of halogens is 3. The average Bonchev–Trinajstić information content (AvgIpc) is 3.58. The molecule has 14 heteroatoms. The first-order valence-electron chi connectivity index (χ1n) is 17.8. The van der Waals surface area contributed by atoms with Crippen molar-refractivity contribution in [1.82, 2.24) is 0 Å². The van der Waals surface area contributed by atoms with E-state index in [-0.39, 0.29) is 49.4 Å². The zero-order chi connectivity index (χ0) is 38.2. The second-order valence-electron chi connectivity index (χ2n) is 15.5. The highest BCUT2D eigenvalue weighted by molar-refractivity contribution is 5.94. The van der Waals surface area contributed by atoms with E-state index >= 15 is 4.79 Å². The molecule has 2 aliphatic heterocycles. The van der Waals surface area contributed by atoms with Crippen LogP contribution in [0.15, 0.2) is 48.5 Å². The summed E-state index contributed by atoms with van der Waals surface area (Å²) in [6.07, 6.45) is -9.19. The lowest BCUT2D eigenvalue weighted by atomic mass is 9.37. The van der Waals surface area contributed by atoms with Gasteiger partial charge in [0.05, 0.1) is 11.7 Å². The Hall–Kier alpha value is -4.17. The number of hydrogen-bond donors (Lipinski definition) is 0. The number of carbonyl (C=O) groups excluding carboxylic acids is 4. The van der Waals surface area contributed by atoms with Gasteiger partial charge in [-0.15, -0.1) is 0 Å². The molecule has 2 aromatic carbocycles. The van der Waals surface area contributed by atoms with Gasteiger partial charge in [0.1, 0.15) is 12.2 Å². The number of Topliss-reactive ketones (excluding diaryl/α,β-unsaturated/α-hetero) is 1. The molecule has 0 amide bonds. The van der Waals surface area contributed by atoms with Gasteiger partial charge in [-0.2, -0.15) is 13.2 Å². The molecule has 12 atom stereocenters. The van der Waals surface area contributed by atoms with Crippen molar-refractivity contribution in [2.24, 2.45) is 40.4 Å². The van der Waals surface area contributed by atoms with Crippen LogP contribution in [0.5, 0.6) is 11.5 Å². The summed E-state index contributed by atoms with van der Waals surface area (Å²) in [6.45, 7) is 7.37. The predicted octanol–water partition coefficient (Wildman–Crippen LogP) is 5.81. The lowest BCUT2D eigenvalue weighted by Gasteiger charge is -2.69. The Morgan fingerprint density at radius 2 is 1.58 bits per heavy atom. The minimum absolute atomic E-state index is 0.00670. The maximum Gasteiger partial charge on any atom is 0.432 e. The van der Waals surface area contributed by atoms with E-state index in [1.54, 1.807) is 13.0 Å². The molecule has 286 valence electrons. The van der Waals surface area contributed by atoms with Gasteiger partial charge in [0.15, 0.2) is 23.4 Å². The molecule has 11 nitrogen and oxygen atoms in total. The number of carbonyl (C=O) groups is 4. The number of alkyl halides is 3. The molecule has 53 heavy (non-hydrogen) atoms. The molecule has 3 saturated carbocycles. The van der Waals surface area contributed by atoms with Gasteiger partial charge >= 0.3 is 24.1 Å². The lowest BCUT2D eigenvalue weighted by Crippen LogP contribution is -2.75. The quantitative estimate of drug-likeness (QED) is 0.251. The molecule has 7 rings (SSSR count). The van der Waals surface area contributed by atoms with Crippen LogP contribution in [0.25, 0.3) is 0 Å². The maximum atomic E-state index is 15.1. The Kier molecular flexibility index (Phi) is 9.11. The fraction of sp³-hybridized carbons (Fsp3) is 0.590. The van der Waals surface area contributed by atoms with E-state index in [1.165, 1.54) is 37.4 Å². The predicted molar refractivity (Wildman–Crippen MR) is 177 cm³/mol. The zero-order valence-electron chi connectivity index (χ0n) is 30.3. The van der Waals surface area contributed by atoms with E-state index in [4.69, 9.17) is 33.2 Å². The number of ketones is 1. The lowest BCUT2D eigenvalue weighted by molar-refractivity contribution is -0.289. The Morgan fingerprint density at radius 1 is 0.887 bits per heavy atom. The summed E-state index contributed by atoms with van der Waals surface area (Å²) in [5, 5.41) is 0. The molecule has 0 spiro atoms. The van der Waals surface area contributed by atoms with Gasteiger partial charge in [-0.1, -0.05) is 58.0 Å². The highest BCUT2D eigenvalue weighted by atomic mass is 19.4. The van der Waals surface area contributed by atoms with E-state index in [1.807, 2.05) is 20.8 Å². The van der Waals surface area contributed by atoms with Crippen molar-refractivity contribution >= 4 is 23.7 Å². The normalized spacial score (nSPS) is 37.0. The van der Waals surface area contributed by atoms with E-state index in [0.29, 0.717) is 11.5 Å². The number of hydrogen-bond acceptors (Lipinski definition) is 11. The maximum absolute atomic E-state index is 15.1. The minimum atomic E-state index is -5.25. The summed E-state index contributed by atoms with van der Waals surface area (Å²) in [6, 6.07) is 11.0. The first-order chi connectivity index (χ1) is 25.0. The number of esters is 3. The molecule has 4 fully saturated rings. The third kappa shape index (κ3) is 5.37. The van der Waals surface area contributed by atoms with E-state index in [0.717, 1.165) is 19.2 Å². The molecule has 0 aromatic heterocycles. The molecule has 5 aliphatic rings. The van der Waals surface area contributed by atoms with E-state index in [9.17, 15) is 27.6 Å². The first kappa shape index (κ1) is 37.2. The second-order valence-corrected chi connectivity index (χ2v) is 15.5. The molecule has 2 aromatic rings. The first-order valence-corrected chi connectivity index (χ1v) is 17.8. The van der Waals surface area contributed by atoms with Crippen LogP contribution in [-0.2, 0) is 43.7 Å². The zero-order valence-corrected chi connectivity index (χ0v) is 30.3. The summed E-state index contributed by atoms with van der Waals surface area (Å²) in [5.41, 5.74) is -6.26. The van der Waals surface area contributed by atoms with Crippen LogP contribution < -0.4 is 9.47 Å². The van der Waals surface area contributed by atoms with Gasteiger partial charge in [0, 0.05) is 43.0 Å². The number of methoxy groups -OCH3 is 2. The minimum Gasteiger partial charge on any atom is -0.462 e. The SMILES string of the molecule is CO[C@H]1[C@H](C)[C@@H]2CC(=O)O[C@@H]3C[C@H]4[C@H](C)C[C@H](OC(=O)[C@@](OC)(c5ccccc5)C(F)(F)F)C(=O)[C@]4(C)[C@@H]([C@@H]1OC(=O)c1ccc4c(c1)OCO4)[C@@]32C. The van der Waals surface area contributed by atoms with Gasteiger partial charge in [0.2, 0.25) is 6.79 Å². The van der Waals surface area contributed by atoms with E-state index < -0.39 is 88.1 Å². The summed E-state index contributed by atoms with van der Waals surface area (Å²) >= 11 is 0. The van der Waals surface area contributed by atoms with E-state index in [2.05, 4.69) is 0 Å². The van der Waals surface area contributed by atoms with Gasteiger partial charge in [-0.3, -0.25) is 9.59 Å². The van der Waals surface area contributed by atoms with Crippen molar-refractivity contribution in [2.75, 3.05) is 21.0 Å². The fourth-order valence-electron chi connectivity index (χ4n) is 10.7. The Bertz CT molecular complexity index is 1800. The smallest absolute Gasteiger partial charge is 0.432 e. The summed E-state index contributed by atoms with van der Waals surface area (Å²) in [4.78, 5) is 56.1. The molecule has 2 heterocycles. The number of benzene rings is 2. The van der Waals surface area contributed by atoms with Crippen LogP contribution in [0.2, 0.25) is 0 Å². The van der Waals surface area contributed by atoms with Crippen molar-refractivity contribution in [1.29, 1.82) is 0 Å². The molecule has 3 aliphatic carbocycles. The summed E-state index contributed by atoms with van der Waals surface area (Å²) < 4.78 is 84.7. The van der Waals surface area contributed by atoms with Crippen LogP contribution in [-0.4, -0.2) is 75.3 Å². The Balaban J connectivity index is 1.31. The molecule has 0 bridgehead atoms. The number of rotatable bonds is 7. The highest BCUT2D eigenvalue weighted by Crippen LogP contribution is 2.69. The monoisotopic (exact) mass is 744 g/mol. The summed E-state index contributed by atoms with van der Waals surface area (Å²) in [7, 11) is 2.23. The largest absolute Gasteiger partial charge is 0.462 e. The highest BCUT2D eigenvalue weighted by Gasteiger charge is 2.75. The topological polar surface area (TPSA) is 133 Å². The molecule has 1 saturated heterocycles. The Morgan fingerprint density at radius 3 is 2.25 bits per heavy atom. The average molecular weight is 745 g/mol. The molecule has 0 radical (unpaired) electrons.